The molecule has 0 amide bonds. The summed E-state index contributed by atoms with van der Waals surface area (Å²) in [5.41, 5.74) is 0.669. The molecule has 31 heavy (non-hydrogen) atoms. The SMILES string of the molecule is O=S(=O)(O)CCc1ccc(S(=O)(=O)CCNCCCN2CCCCC2)cc1.O=S([O-])O. The molecule has 0 saturated carbocycles. The summed E-state index contributed by atoms with van der Waals surface area (Å²) in [6.07, 6.45) is 5.05. The van der Waals surface area contributed by atoms with E-state index < -0.39 is 31.3 Å². The quantitative estimate of drug-likeness (QED) is 0.224. The van der Waals surface area contributed by atoms with Gasteiger partial charge < -0.3 is 19.3 Å². The van der Waals surface area contributed by atoms with Crippen LogP contribution < -0.4 is 5.32 Å². The molecule has 0 aliphatic carbocycles. The molecular formula is C18H31N2O8S3-. The molecule has 1 heterocycles. The van der Waals surface area contributed by atoms with Crippen molar-refractivity contribution in [1.29, 1.82) is 0 Å². The summed E-state index contributed by atoms with van der Waals surface area (Å²) in [6.45, 7) is 4.63. The summed E-state index contributed by atoms with van der Waals surface area (Å²) < 4.78 is 79.1. The summed E-state index contributed by atoms with van der Waals surface area (Å²) in [5.74, 6) is -0.346. The van der Waals surface area contributed by atoms with E-state index in [2.05, 4.69) is 10.2 Å². The Labute approximate surface area is 187 Å². The molecule has 1 unspecified atom stereocenters. The molecule has 1 aliphatic heterocycles. The second-order valence-corrected chi connectivity index (χ2v) is 11.3. The highest BCUT2D eigenvalue weighted by atomic mass is 32.2. The Morgan fingerprint density at radius 1 is 1.00 bits per heavy atom. The van der Waals surface area contributed by atoms with E-state index >= 15 is 0 Å². The van der Waals surface area contributed by atoms with Gasteiger partial charge in [0.15, 0.2) is 9.84 Å². The molecule has 0 spiro atoms. The maximum Gasteiger partial charge on any atom is 0.265 e. The number of nitrogens with one attached hydrogen (secondary N) is 1. The highest BCUT2D eigenvalue weighted by molar-refractivity contribution is 7.91. The number of nitrogens with zero attached hydrogens (tertiary/aromatic N) is 1. The molecular weight excluding hydrogens is 468 g/mol. The Morgan fingerprint density at radius 2 is 1.58 bits per heavy atom. The molecule has 1 saturated heterocycles. The molecule has 0 aromatic heterocycles. The van der Waals surface area contributed by atoms with Crippen LogP contribution in [0.1, 0.15) is 31.2 Å². The summed E-state index contributed by atoms with van der Waals surface area (Å²) in [4.78, 5) is 2.69. The van der Waals surface area contributed by atoms with Crippen LogP contribution in [0.3, 0.4) is 0 Å². The molecule has 1 fully saturated rings. The van der Waals surface area contributed by atoms with Crippen molar-refractivity contribution in [3.05, 3.63) is 29.8 Å². The number of aryl methyl sites for hydroxylation is 1. The highest BCUT2D eigenvalue weighted by Crippen LogP contribution is 2.13. The lowest BCUT2D eigenvalue weighted by Gasteiger charge is -2.26. The van der Waals surface area contributed by atoms with Gasteiger partial charge in [-0.15, -0.1) is 0 Å². The Kier molecular flexibility index (Phi) is 12.9. The Hall–Kier alpha value is -0.930. The second-order valence-electron chi connectivity index (χ2n) is 7.22. The van der Waals surface area contributed by atoms with Crippen molar-refractivity contribution in [2.24, 2.45) is 0 Å². The van der Waals surface area contributed by atoms with Crippen LogP contribution in [0, 0.1) is 0 Å². The minimum Gasteiger partial charge on any atom is -0.750 e. The predicted molar refractivity (Wildman–Crippen MR) is 118 cm³/mol. The standard InChI is InChI=1S/C18H30N2O5S2.H2O3S/c21-26(22,16-11-19-10-4-14-20-12-2-1-3-13-20)18-7-5-17(6-8-18)9-15-27(23,24)25;1-4(2)3/h5-8,19H,1-4,9-16H2,(H,23,24,25);(H2,1,2,3)/p-1. The predicted octanol–water partition coefficient (Wildman–Crippen LogP) is 0.695. The van der Waals surface area contributed by atoms with Gasteiger partial charge in [0.1, 0.15) is 0 Å². The number of rotatable bonds is 11. The van der Waals surface area contributed by atoms with E-state index in [4.69, 9.17) is 17.9 Å². The van der Waals surface area contributed by atoms with E-state index in [0.29, 0.717) is 12.1 Å². The molecule has 180 valence electrons. The fraction of sp³-hybridized carbons (Fsp3) is 0.667. The lowest BCUT2D eigenvalue weighted by Crippen LogP contribution is -2.33. The molecule has 3 N–H and O–H groups in total. The highest BCUT2D eigenvalue weighted by Gasteiger charge is 2.14. The van der Waals surface area contributed by atoms with Gasteiger partial charge in [-0.05, 0) is 69.6 Å². The molecule has 1 aromatic carbocycles. The molecule has 1 aliphatic rings. The Bertz CT molecular complexity index is 864. The van der Waals surface area contributed by atoms with E-state index in [1.807, 2.05) is 0 Å². The van der Waals surface area contributed by atoms with Crippen LogP contribution in [0.25, 0.3) is 0 Å². The van der Waals surface area contributed by atoms with Gasteiger partial charge in [-0.2, -0.15) is 8.42 Å². The molecule has 10 nitrogen and oxygen atoms in total. The summed E-state index contributed by atoms with van der Waals surface area (Å²) >= 11 is -2.86. The van der Waals surface area contributed by atoms with E-state index in [1.54, 1.807) is 12.1 Å². The maximum atomic E-state index is 12.4. The zero-order chi connectivity index (χ0) is 23.3. The van der Waals surface area contributed by atoms with Gasteiger partial charge in [-0.1, -0.05) is 18.6 Å². The van der Waals surface area contributed by atoms with Crippen LogP contribution in [0.15, 0.2) is 29.2 Å². The molecule has 1 atom stereocenters. The van der Waals surface area contributed by atoms with E-state index in [1.165, 1.54) is 44.5 Å². The first kappa shape index (κ1) is 28.1. The van der Waals surface area contributed by atoms with Gasteiger partial charge in [0, 0.05) is 6.54 Å². The fourth-order valence-corrected chi connectivity index (χ4v) is 4.86. The number of hydrogen-bond acceptors (Lipinski definition) is 8. The Balaban J connectivity index is 0.00000110. The third-order valence-corrected chi connectivity index (χ3v) is 7.21. The van der Waals surface area contributed by atoms with Crippen molar-refractivity contribution >= 4 is 31.3 Å². The van der Waals surface area contributed by atoms with Gasteiger partial charge in [0.25, 0.3) is 10.1 Å². The summed E-state index contributed by atoms with van der Waals surface area (Å²) in [6, 6.07) is 6.16. The summed E-state index contributed by atoms with van der Waals surface area (Å²) in [5, 5.41) is 3.20. The van der Waals surface area contributed by atoms with E-state index in [-0.39, 0.29) is 22.8 Å². The molecule has 1 aromatic rings. The average molecular weight is 500 g/mol. The van der Waals surface area contributed by atoms with Crippen LogP contribution >= 0.6 is 0 Å². The second kappa shape index (κ2) is 14.3. The first-order valence-corrected chi connectivity index (χ1v) is 14.3. The number of hydrogen-bond donors (Lipinski definition) is 3. The minimum atomic E-state index is -4.02. The molecule has 13 heteroatoms. The zero-order valence-corrected chi connectivity index (χ0v) is 19.8. The van der Waals surface area contributed by atoms with Gasteiger partial charge in [0.2, 0.25) is 0 Å². The van der Waals surface area contributed by atoms with E-state index in [9.17, 15) is 16.8 Å². The van der Waals surface area contributed by atoms with Crippen molar-refractivity contribution in [2.45, 2.75) is 37.0 Å². The third-order valence-electron chi connectivity index (χ3n) is 4.76. The van der Waals surface area contributed by atoms with Crippen molar-refractivity contribution < 1.29 is 34.7 Å². The number of sulfone groups is 1. The van der Waals surface area contributed by atoms with Gasteiger partial charge in [-0.3, -0.25) is 4.55 Å². The third kappa shape index (κ3) is 14.0. The van der Waals surface area contributed by atoms with Crippen molar-refractivity contribution in [1.82, 2.24) is 10.2 Å². The maximum absolute atomic E-state index is 12.4. The first-order valence-electron chi connectivity index (χ1n) is 9.98. The van der Waals surface area contributed by atoms with Crippen LogP contribution in [-0.2, 0) is 37.7 Å². The monoisotopic (exact) mass is 499 g/mol. The minimum absolute atomic E-state index is 0.0288. The van der Waals surface area contributed by atoms with Gasteiger partial charge in [-0.25, -0.2) is 12.6 Å². The Morgan fingerprint density at radius 3 is 2.13 bits per heavy atom. The van der Waals surface area contributed by atoms with Crippen molar-refractivity contribution in [3.63, 3.8) is 0 Å². The topological polar surface area (TPSA) is 164 Å². The number of benzene rings is 1. The number of piperidine rings is 1. The molecule has 0 bridgehead atoms. The van der Waals surface area contributed by atoms with Crippen molar-refractivity contribution in [3.8, 4) is 0 Å². The van der Waals surface area contributed by atoms with Gasteiger partial charge >= 0.3 is 0 Å². The van der Waals surface area contributed by atoms with Crippen LogP contribution in [0.2, 0.25) is 0 Å². The smallest absolute Gasteiger partial charge is 0.265 e. The first-order chi connectivity index (χ1) is 14.5. The molecule has 2 rings (SSSR count). The molecule has 0 radical (unpaired) electrons. The van der Waals surface area contributed by atoms with Crippen molar-refractivity contribution in [2.75, 3.05) is 44.2 Å². The average Bonchev–Trinajstić information content (AvgIpc) is 2.69. The fourth-order valence-electron chi connectivity index (χ4n) is 3.17. The van der Waals surface area contributed by atoms with Gasteiger partial charge in [0.05, 0.1) is 27.8 Å². The number of likely N-dealkylation sites (tertiary alicyclic amines) is 1. The lowest BCUT2D eigenvalue weighted by atomic mass is 10.1. The largest absolute Gasteiger partial charge is 0.750 e. The van der Waals surface area contributed by atoms with E-state index in [0.717, 1.165) is 19.5 Å². The van der Waals surface area contributed by atoms with Crippen LogP contribution in [0.4, 0.5) is 0 Å². The lowest BCUT2D eigenvalue weighted by molar-refractivity contribution is 0.226. The van der Waals surface area contributed by atoms with Crippen LogP contribution in [-0.4, -0.2) is 83.8 Å². The van der Waals surface area contributed by atoms with Crippen LogP contribution in [0.5, 0.6) is 0 Å². The summed E-state index contributed by atoms with van der Waals surface area (Å²) in [7, 11) is -7.39. The zero-order valence-electron chi connectivity index (χ0n) is 17.3. The normalized spacial score (nSPS) is 16.4.